The lowest BCUT2D eigenvalue weighted by Crippen LogP contribution is -2.10. The molecular weight excluding hydrogens is 318 g/mol. The fourth-order valence-electron chi connectivity index (χ4n) is 3.15. The molecule has 0 radical (unpaired) electrons. The largest absolute Gasteiger partial charge is 0.461 e. The van der Waals surface area contributed by atoms with Crippen molar-refractivity contribution in [1.29, 1.82) is 5.26 Å². The Bertz CT molecular complexity index is 992. The maximum absolute atomic E-state index is 12.3. The van der Waals surface area contributed by atoms with Gasteiger partial charge >= 0.3 is 5.97 Å². The first kappa shape index (κ1) is 15.1. The number of aromatic nitrogens is 4. The van der Waals surface area contributed by atoms with Crippen LogP contribution in [0.3, 0.4) is 0 Å². The van der Waals surface area contributed by atoms with Gasteiger partial charge in [0.05, 0.1) is 35.8 Å². The van der Waals surface area contributed by atoms with Crippen molar-refractivity contribution >= 4 is 5.97 Å². The van der Waals surface area contributed by atoms with Crippen LogP contribution in [0.2, 0.25) is 0 Å². The molecule has 0 aliphatic heterocycles. The van der Waals surface area contributed by atoms with Gasteiger partial charge in [-0.05, 0) is 44.0 Å². The number of aryl methyl sites for hydroxylation is 1. The SMILES string of the molecule is CCOC(=O)c1nn(-c2ccc(C#N)cc2)c2c1CCc1[nH]ncc1-2. The van der Waals surface area contributed by atoms with Crippen LogP contribution in [-0.2, 0) is 17.6 Å². The van der Waals surface area contributed by atoms with E-state index in [9.17, 15) is 4.79 Å². The van der Waals surface area contributed by atoms with E-state index in [4.69, 9.17) is 10.00 Å². The van der Waals surface area contributed by atoms with Crippen LogP contribution < -0.4 is 0 Å². The molecule has 7 heteroatoms. The number of esters is 1. The number of nitriles is 1. The normalized spacial score (nSPS) is 12.2. The number of hydrogen-bond acceptors (Lipinski definition) is 5. The van der Waals surface area contributed by atoms with Crippen LogP contribution in [0.25, 0.3) is 16.9 Å². The highest BCUT2D eigenvalue weighted by Gasteiger charge is 2.30. The Hall–Kier alpha value is -3.40. The molecule has 0 atom stereocenters. The summed E-state index contributed by atoms with van der Waals surface area (Å²) in [5.74, 6) is -0.418. The standard InChI is InChI=1S/C18H15N5O2/c1-2-25-18(24)16-13-7-8-15-14(10-20-21-15)17(13)23(22-16)12-5-3-11(9-19)4-6-12/h3-6,10H,2,7-8H2,1H3,(H,20,21). The molecule has 3 aromatic rings. The number of aromatic amines is 1. The van der Waals surface area contributed by atoms with Gasteiger partial charge in [0.2, 0.25) is 0 Å². The Labute approximate surface area is 143 Å². The topological polar surface area (TPSA) is 96.6 Å². The van der Waals surface area contributed by atoms with E-state index in [0.29, 0.717) is 24.3 Å². The second-order valence-corrected chi connectivity index (χ2v) is 5.73. The van der Waals surface area contributed by atoms with Gasteiger partial charge in [0.25, 0.3) is 0 Å². The zero-order valence-corrected chi connectivity index (χ0v) is 13.6. The number of benzene rings is 1. The van der Waals surface area contributed by atoms with Gasteiger partial charge in [-0.15, -0.1) is 0 Å². The van der Waals surface area contributed by atoms with Crippen LogP contribution >= 0.6 is 0 Å². The summed E-state index contributed by atoms with van der Waals surface area (Å²) >= 11 is 0. The highest BCUT2D eigenvalue weighted by atomic mass is 16.5. The predicted octanol–water partition coefficient (Wildman–Crippen LogP) is 2.41. The Balaban J connectivity index is 1.92. The Morgan fingerprint density at radius 3 is 2.88 bits per heavy atom. The van der Waals surface area contributed by atoms with E-state index in [2.05, 4.69) is 21.4 Å². The quantitative estimate of drug-likeness (QED) is 0.742. The summed E-state index contributed by atoms with van der Waals surface area (Å²) in [6.07, 6.45) is 3.22. The first-order valence-corrected chi connectivity index (χ1v) is 8.05. The maximum atomic E-state index is 12.3. The fraction of sp³-hybridized carbons (Fsp3) is 0.222. The number of H-pyrrole nitrogens is 1. The molecule has 124 valence electrons. The van der Waals surface area contributed by atoms with E-state index >= 15 is 0 Å². The number of fused-ring (bicyclic) bond motifs is 3. The van der Waals surface area contributed by atoms with Gasteiger partial charge in [-0.1, -0.05) is 0 Å². The minimum atomic E-state index is -0.418. The number of nitrogens with zero attached hydrogens (tertiary/aromatic N) is 4. The van der Waals surface area contributed by atoms with Crippen molar-refractivity contribution in [2.75, 3.05) is 6.61 Å². The minimum absolute atomic E-state index is 0.300. The summed E-state index contributed by atoms with van der Waals surface area (Å²) in [5.41, 5.74) is 5.37. The Morgan fingerprint density at radius 1 is 1.36 bits per heavy atom. The summed E-state index contributed by atoms with van der Waals surface area (Å²) in [4.78, 5) is 12.3. The summed E-state index contributed by atoms with van der Waals surface area (Å²) in [7, 11) is 0. The number of hydrogen-bond donors (Lipinski definition) is 1. The van der Waals surface area contributed by atoms with Crippen molar-refractivity contribution in [3.05, 3.63) is 53.0 Å². The average molecular weight is 333 g/mol. The van der Waals surface area contributed by atoms with Crippen molar-refractivity contribution in [2.45, 2.75) is 19.8 Å². The number of ether oxygens (including phenoxy) is 1. The van der Waals surface area contributed by atoms with E-state index < -0.39 is 5.97 Å². The number of carbonyl (C=O) groups excluding carboxylic acids is 1. The third kappa shape index (κ3) is 2.39. The van der Waals surface area contributed by atoms with Crippen molar-refractivity contribution < 1.29 is 9.53 Å². The lowest BCUT2D eigenvalue weighted by molar-refractivity contribution is 0.0517. The molecule has 0 spiro atoms. The smallest absolute Gasteiger partial charge is 0.359 e. The molecular formula is C18H15N5O2. The van der Waals surface area contributed by atoms with E-state index in [1.54, 1.807) is 29.9 Å². The van der Waals surface area contributed by atoms with E-state index in [1.165, 1.54) is 0 Å². The average Bonchev–Trinajstić information content (AvgIpc) is 3.26. The summed E-state index contributed by atoms with van der Waals surface area (Å²) in [5, 5.41) is 20.7. The summed E-state index contributed by atoms with van der Waals surface area (Å²) in [6, 6.07) is 9.19. The molecule has 0 saturated heterocycles. The van der Waals surface area contributed by atoms with Crippen molar-refractivity contribution in [2.24, 2.45) is 0 Å². The molecule has 2 aromatic heterocycles. The first-order chi connectivity index (χ1) is 12.2. The number of nitrogens with one attached hydrogen (secondary N) is 1. The molecule has 2 heterocycles. The third-order valence-corrected chi connectivity index (χ3v) is 4.29. The second-order valence-electron chi connectivity index (χ2n) is 5.73. The second kappa shape index (κ2) is 5.91. The third-order valence-electron chi connectivity index (χ3n) is 4.29. The van der Waals surface area contributed by atoms with Gasteiger partial charge in [-0.3, -0.25) is 5.10 Å². The highest BCUT2D eigenvalue weighted by Crippen LogP contribution is 2.36. The molecule has 7 nitrogen and oxygen atoms in total. The molecule has 0 saturated carbocycles. The molecule has 1 aromatic carbocycles. The van der Waals surface area contributed by atoms with E-state index in [-0.39, 0.29) is 0 Å². The van der Waals surface area contributed by atoms with Gasteiger partial charge in [0.1, 0.15) is 0 Å². The number of rotatable bonds is 3. The molecule has 4 rings (SSSR count). The summed E-state index contributed by atoms with van der Waals surface area (Å²) < 4.78 is 6.90. The zero-order chi connectivity index (χ0) is 17.4. The predicted molar refractivity (Wildman–Crippen MR) is 89.2 cm³/mol. The fourth-order valence-corrected chi connectivity index (χ4v) is 3.15. The molecule has 0 unspecified atom stereocenters. The molecule has 0 amide bonds. The Morgan fingerprint density at radius 2 is 2.16 bits per heavy atom. The molecule has 0 bridgehead atoms. The van der Waals surface area contributed by atoms with Crippen LogP contribution in [0.5, 0.6) is 0 Å². The number of carbonyl (C=O) groups is 1. The highest BCUT2D eigenvalue weighted by molar-refractivity contribution is 5.92. The van der Waals surface area contributed by atoms with Crippen LogP contribution in [0.15, 0.2) is 30.5 Å². The van der Waals surface area contributed by atoms with Crippen molar-refractivity contribution in [3.63, 3.8) is 0 Å². The van der Waals surface area contributed by atoms with Crippen molar-refractivity contribution in [1.82, 2.24) is 20.0 Å². The lowest BCUT2D eigenvalue weighted by atomic mass is 9.94. The zero-order valence-electron chi connectivity index (χ0n) is 13.6. The lowest BCUT2D eigenvalue weighted by Gasteiger charge is -2.14. The molecule has 25 heavy (non-hydrogen) atoms. The monoisotopic (exact) mass is 333 g/mol. The van der Waals surface area contributed by atoms with Crippen LogP contribution in [-0.4, -0.2) is 32.6 Å². The van der Waals surface area contributed by atoms with Crippen LogP contribution in [0.1, 0.15) is 34.2 Å². The Kier molecular flexibility index (Phi) is 3.58. The van der Waals surface area contributed by atoms with Gasteiger partial charge in [0, 0.05) is 16.8 Å². The molecule has 0 fully saturated rings. The van der Waals surface area contributed by atoms with Crippen molar-refractivity contribution in [3.8, 4) is 23.0 Å². The van der Waals surface area contributed by atoms with Gasteiger partial charge in [-0.2, -0.15) is 15.5 Å². The van der Waals surface area contributed by atoms with E-state index in [1.807, 2.05) is 12.1 Å². The maximum Gasteiger partial charge on any atom is 0.359 e. The van der Waals surface area contributed by atoms with Gasteiger partial charge < -0.3 is 4.74 Å². The molecule has 1 aliphatic carbocycles. The van der Waals surface area contributed by atoms with Crippen LogP contribution in [0, 0.1) is 11.3 Å². The summed E-state index contributed by atoms with van der Waals surface area (Å²) in [6.45, 7) is 2.07. The molecule has 1 aliphatic rings. The van der Waals surface area contributed by atoms with Gasteiger partial charge in [0.15, 0.2) is 5.69 Å². The van der Waals surface area contributed by atoms with E-state index in [0.717, 1.165) is 34.6 Å². The van der Waals surface area contributed by atoms with Crippen LogP contribution in [0.4, 0.5) is 0 Å². The first-order valence-electron chi connectivity index (χ1n) is 8.05. The minimum Gasteiger partial charge on any atom is -0.461 e. The van der Waals surface area contributed by atoms with Gasteiger partial charge in [-0.25, -0.2) is 9.48 Å². The molecule has 1 N–H and O–H groups in total.